The molecule has 2 heterocycles. The predicted molar refractivity (Wildman–Crippen MR) is 140 cm³/mol. The lowest BCUT2D eigenvalue weighted by molar-refractivity contribution is -0.137. The second-order valence-electron chi connectivity index (χ2n) is 9.48. The number of carbonyl (C=O) groups excluding carboxylic acids is 2. The van der Waals surface area contributed by atoms with Gasteiger partial charge in [0.15, 0.2) is 0 Å². The van der Waals surface area contributed by atoms with Crippen LogP contribution in [-0.2, 0) is 17.4 Å². The zero-order valence-corrected chi connectivity index (χ0v) is 21.1. The molecule has 0 bridgehead atoms. The Labute approximate surface area is 221 Å². The molecule has 38 heavy (non-hydrogen) atoms. The lowest BCUT2D eigenvalue weighted by Crippen LogP contribution is -2.50. The van der Waals surface area contributed by atoms with Crippen LogP contribution in [0.3, 0.4) is 0 Å². The highest BCUT2D eigenvalue weighted by molar-refractivity contribution is 7.10. The monoisotopic (exact) mass is 538 g/mol. The van der Waals surface area contributed by atoms with E-state index in [0.717, 1.165) is 33.8 Å². The maximum atomic E-state index is 13.5. The molecule has 0 spiro atoms. The summed E-state index contributed by atoms with van der Waals surface area (Å²) >= 11 is 1.41. The van der Waals surface area contributed by atoms with Crippen molar-refractivity contribution in [2.24, 2.45) is 16.9 Å². The number of aromatic nitrogens is 1. The van der Waals surface area contributed by atoms with Crippen molar-refractivity contribution in [3.05, 3.63) is 93.3 Å². The van der Waals surface area contributed by atoms with Crippen LogP contribution >= 0.6 is 11.3 Å². The molecule has 5 rings (SSSR count). The molecular weight excluding hydrogens is 513 g/mol. The number of alkyl halides is 3. The van der Waals surface area contributed by atoms with Gasteiger partial charge in [-0.15, -0.1) is 11.3 Å². The number of hydrogen-bond acceptors (Lipinski definition) is 4. The summed E-state index contributed by atoms with van der Waals surface area (Å²) in [7, 11) is 0. The van der Waals surface area contributed by atoms with Crippen molar-refractivity contribution in [1.82, 2.24) is 9.88 Å². The zero-order chi connectivity index (χ0) is 27.1. The van der Waals surface area contributed by atoms with E-state index in [0.29, 0.717) is 23.1 Å². The molecule has 0 saturated carbocycles. The fourth-order valence-electron chi connectivity index (χ4n) is 5.38. The zero-order valence-electron chi connectivity index (χ0n) is 20.3. The number of rotatable bonds is 5. The highest BCUT2D eigenvalue weighted by atomic mass is 32.1. The van der Waals surface area contributed by atoms with Crippen LogP contribution in [0.1, 0.15) is 28.8 Å². The van der Waals surface area contributed by atoms with Crippen LogP contribution in [0.15, 0.2) is 77.3 Å². The molecule has 2 aromatic carbocycles. The van der Waals surface area contributed by atoms with Crippen LogP contribution < -0.4 is 11.5 Å². The molecule has 1 atom stereocenters. The van der Waals surface area contributed by atoms with Crippen LogP contribution in [0.25, 0.3) is 16.8 Å². The minimum absolute atomic E-state index is 0.0728. The van der Waals surface area contributed by atoms with Gasteiger partial charge in [-0.3, -0.25) is 4.79 Å². The average Bonchev–Trinajstić information content (AvgIpc) is 3.36. The molecule has 0 saturated heterocycles. The number of primary amides is 2. The lowest BCUT2D eigenvalue weighted by Gasteiger charge is -2.43. The van der Waals surface area contributed by atoms with Gasteiger partial charge in [-0.25, -0.2) is 9.78 Å². The largest absolute Gasteiger partial charge is 0.416 e. The van der Waals surface area contributed by atoms with Gasteiger partial charge in [0.1, 0.15) is 0 Å². The van der Waals surface area contributed by atoms with E-state index in [2.05, 4.69) is 4.98 Å². The maximum absolute atomic E-state index is 13.5. The summed E-state index contributed by atoms with van der Waals surface area (Å²) in [4.78, 5) is 32.2. The highest BCUT2D eigenvalue weighted by Crippen LogP contribution is 2.49. The Bertz CT molecular complexity index is 1460. The van der Waals surface area contributed by atoms with Gasteiger partial charge in [-0.2, -0.15) is 13.2 Å². The molecule has 3 aromatic rings. The van der Waals surface area contributed by atoms with E-state index in [1.54, 1.807) is 11.6 Å². The SMILES string of the molecule is NC(=O)N1CCC2=C(C1)C(Cc1scnc1-c1ccccc1)(C(N)=O)CC=C2c1cccc(C(F)(F)F)c1. The smallest absolute Gasteiger partial charge is 0.369 e. The summed E-state index contributed by atoms with van der Waals surface area (Å²) in [6.07, 6.45) is -1.93. The van der Waals surface area contributed by atoms with Gasteiger partial charge < -0.3 is 16.4 Å². The van der Waals surface area contributed by atoms with Gasteiger partial charge in [-0.05, 0) is 47.3 Å². The van der Waals surface area contributed by atoms with Crippen molar-refractivity contribution in [2.45, 2.75) is 25.4 Å². The van der Waals surface area contributed by atoms with Crippen molar-refractivity contribution in [3.63, 3.8) is 0 Å². The minimum atomic E-state index is -4.49. The number of benzene rings is 2. The normalized spacial score (nSPS) is 19.7. The van der Waals surface area contributed by atoms with Crippen molar-refractivity contribution < 1.29 is 22.8 Å². The van der Waals surface area contributed by atoms with Gasteiger partial charge >= 0.3 is 12.2 Å². The number of hydrogen-bond donors (Lipinski definition) is 2. The van der Waals surface area contributed by atoms with E-state index >= 15 is 0 Å². The number of urea groups is 1. The first-order valence-corrected chi connectivity index (χ1v) is 12.9. The third-order valence-corrected chi connectivity index (χ3v) is 8.17. The van der Waals surface area contributed by atoms with Crippen LogP contribution in [0, 0.1) is 5.41 Å². The first-order valence-electron chi connectivity index (χ1n) is 12.0. The van der Waals surface area contributed by atoms with Crippen molar-refractivity contribution in [1.29, 1.82) is 0 Å². The fourth-order valence-corrected chi connectivity index (χ4v) is 6.28. The topological polar surface area (TPSA) is 102 Å². The number of thiazole rings is 1. The van der Waals surface area contributed by atoms with Gasteiger partial charge in [0.25, 0.3) is 0 Å². The van der Waals surface area contributed by atoms with Crippen LogP contribution in [0.2, 0.25) is 0 Å². The third kappa shape index (κ3) is 4.60. The number of allylic oxidation sites excluding steroid dienone is 2. The summed E-state index contributed by atoms with van der Waals surface area (Å²) in [6.45, 7) is 0.360. The molecule has 1 unspecified atom stereocenters. The Kier molecular flexibility index (Phi) is 6.60. The predicted octanol–water partition coefficient (Wildman–Crippen LogP) is 5.41. The van der Waals surface area contributed by atoms with E-state index in [1.165, 1.54) is 22.3 Å². The second kappa shape index (κ2) is 9.75. The first kappa shape index (κ1) is 25.7. The van der Waals surface area contributed by atoms with E-state index in [-0.39, 0.29) is 25.9 Å². The quantitative estimate of drug-likeness (QED) is 0.454. The lowest BCUT2D eigenvalue weighted by atomic mass is 9.65. The van der Waals surface area contributed by atoms with Crippen LogP contribution in [0.4, 0.5) is 18.0 Å². The van der Waals surface area contributed by atoms with E-state index in [4.69, 9.17) is 11.5 Å². The highest BCUT2D eigenvalue weighted by Gasteiger charge is 2.47. The molecule has 0 fully saturated rings. The molecule has 1 aliphatic heterocycles. The standard InChI is InChI=1S/C28H25F3N4O2S/c29-28(30,31)19-8-4-7-18(13-19)20-9-11-27(25(32)36,22-15-35(26(33)37)12-10-21(20)22)14-23-24(34-16-38-23)17-5-2-1-3-6-17/h1-9,13,16H,10-12,14-15H2,(H2,32,36)(H2,33,37). The molecule has 0 radical (unpaired) electrons. The number of halogens is 3. The molecule has 2 aliphatic rings. The Morgan fingerprint density at radius 1 is 1.05 bits per heavy atom. The minimum Gasteiger partial charge on any atom is -0.369 e. The Morgan fingerprint density at radius 2 is 1.79 bits per heavy atom. The Morgan fingerprint density at radius 3 is 2.47 bits per heavy atom. The van der Waals surface area contributed by atoms with Gasteiger partial charge in [0.05, 0.1) is 22.2 Å². The summed E-state index contributed by atoms with van der Waals surface area (Å²) < 4.78 is 40.4. The van der Waals surface area contributed by atoms with E-state index in [9.17, 15) is 22.8 Å². The molecule has 6 nitrogen and oxygen atoms in total. The van der Waals surface area contributed by atoms with E-state index in [1.807, 2.05) is 36.4 Å². The van der Waals surface area contributed by atoms with Crippen LogP contribution in [-0.4, -0.2) is 34.9 Å². The van der Waals surface area contributed by atoms with Crippen molar-refractivity contribution in [2.75, 3.05) is 13.1 Å². The molecule has 10 heteroatoms. The molecule has 196 valence electrons. The fraction of sp³-hybridized carbons (Fsp3) is 0.250. The molecular formula is C28H25F3N4O2S. The summed E-state index contributed by atoms with van der Waals surface area (Å²) in [5.41, 5.74) is 15.5. The summed E-state index contributed by atoms with van der Waals surface area (Å²) in [5.74, 6) is -0.567. The Hall–Kier alpha value is -3.92. The molecule has 1 aromatic heterocycles. The third-order valence-electron chi connectivity index (χ3n) is 7.34. The number of nitrogens with zero attached hydrogens (tertiary/aromatic N) is 2. The van der Waals surface area contributed by atoms with E-state index < -0.39 is 29.1 Å². The number of carbonyl (C=O) groups is 2. The number of nitrogens with two attached hydrogens (primary N) is 2. The van der Waals surface area contributed by atoms with Gasteiger partial charge in [0.2, 0.25) is 5.91 Å². The Balaban J connectivity index is 1.63. The second-order valence-corrected chi connectivity index (χ2v) is 10.4. The summed E-state index contributed by atoms with van der Waals surface area (Å²) in [6, 6.07) is 14.1. The van der Waals surface area contributed by atoms with Gasteiger partial charge in [-0.1, -0.05) is 48.5 Å². The molecule has 4 N–H and O–H groups in total. The van der Waals surface area contributed by atoms with Crippen LogP contribution in [0.5, 0.6) is 0 Å². The average molecular weight is 539 g/mol. The first-order chi connectivity index (χ1) is 18.1. The van der Waals surface area contributed by atoms with Crippen molar-refractivity contribution >= 4 is 28.8 Å². The van der Waals surface area contributed by atoms with Gasteiger partial charge in [0, 0.05) is 30.0 Å². The number of amides is 3. The maximum Gasteiger partial charge on any atom is 0.416 e. The van der Waals surface area contributed by atoms with Crippen molar-refractivity contribution in [3.8, 4) is 11.3 Å². The molecule has 3 amide bonds. The summed E-state index contributed by atoms with van der Waals surface area (Å²) in [5, 5.41) is 0. The molecule has 1 aliphatic carbocycles.